The molecule has 7 heteroatoms. The summed E-state index contributed by atoms with van der Waals surface area (Å²) in [7, 11) is 1.62. The van der Waals surface area contributed by atoms with E-state index in [-0.39, 0.29) is 17.9 Å². The molecule has 0 spiro atoms. The van der Waals surface area contributed by atoms with Gasteiger partial charge in [0.1, 0.15) is 11.4 Å². The number of carbonyl (C=O) groups is 2. The van der Waals surface area contributed by atoms with Gasteiger partial charge in [0.2, 0.25) is 5.91 Å². The summed E-state index contributed by atoms with van der Waals surface area (Å²) in [5, 5.41) is 5.83. The van der Waals surface area contributed by atoms with Crippen molar-refractivity contribution in [1.29, 1.82) is 0 Å². The number of piperidine rings is 1. The van der Waals surface area contributed by atoms with Crippen molar-refractivity contribution in [3.05, 3.63) is 81.8 Å². The second-order valence-corrected chi connectivity index (χ2v) is 8.85. The zero-order valence-corrected chi connectivity index (χ0v) is 18.9. The lowest BCUT2D eigenvalue weighted by molar-refractivity contribution is -0.131. The number of ether oxygens (including phenoxy) is 1. The van der Waals surface area contributed by atoms with Crippen molar-refractivity contribution in [2.24, 2.45) is 0 Å². The number of nitrogens with zero attached hydrogens (tertiary/aromatic N) is 2. The molecule has 0 aliphatic carbocycles. The van der Waals surface area contributed by atoms with E-state index in [9.17, 15) is 9.59 Å². The van der Waals surface area contributed by atoms with E-state index in [1.165, 1.54) is 16.9 Å². The molecule has 2 heterocycles. The number of hydrogen-bond acceptors (Lipinski definition) is 5. The van der Waals surface area contributed by atoms with Gasteiger partial charge in [-0.3, -0.25) is 9.59 Å². The molecule has 32 heavy (non-hydrogen) atoms. The summed E-state index contributed by atoms with van der Waals surface area (Å²) in [6.45, 7) is 1.27. The molecule has 1 saturated heterocycles. The molecule has 1 aromatic heterocycles. The number of methoxy groups -OCH3 is 1. The highest BCUT2D eigenvalue weighted by Gasteiger charge is 2.25. The first-order valence-electron chi connectivity index (χ1n) is 10.8. The predicted octanol–water partition coefficient (Wildman–Crippen LogP) is 3.71. The Morgan fingerprint density at radius 3 is 2.56 bits per heavy atom. The Kier molecular flexibility index (Phi) is 7.17. The normalized spacial score (nSPS) is 14.2. The largest absolute Gasteiger partial charge is 0.496 e. The summed E-state index contributed by atoms with van der Waals surface area (Å²) < 4.78 is 5.35. The third-order valence-corrected chi connectivity index (χ3v) is 6.55. The lowest BCUT2D eigenvalue weighted by Gasteiger charge is -2.32. The summed E-state index contributed by atoms with van der Waals surface area (Å²) in [5.74, 6) is 0.682. The number of likely N-dealkylation sites (tertiary alicyclic amines) is 1. The van der Waals surface area contributed by atoms with Gasteiger partial charge < -0.3 is 15.0 Å². The maximum atomic E-state index is 12.7. The fourth-order valence-corrected chi connectivity index (χ4v) is 4.73. The molecule has 0 bridgehead atoms. The number of aromatic nitrogens is 1. The van der Waals surface area contributed by atoms with Crippen molar-refractivity contribution < 1.29 is 14.3 Å². The Labute approximate surface area is 192 Å². The van der Waals surface area contributed by atoms with Crippen molar-refractivity contribution >= 4 is 23.2 Å². The van der Waals surface area contributed by atoms with Crippen LogP contribution in [0.5, 0.6) is 5.75 Å². The SMILES string of the molecule is COc1ccccc1CC(=O)N1CCC(NC(=O)c2csc(Cc3ccccc3)n2)CC1. The highest BCUT2D eigenvalue weighted by molar-refractivity contribution is 7.09. The molecule has 0 unspecified atom stereocenters. The smallest absolute Gasteiger partial charge is 0.270 e. The van der Waals surface area contributed by atoms with Gasteiger partial charge in [-0.25, -0.2) is 4.98 Å². The van der Waals surface area contributed by atoms with E-state index >= 15 is 0 Å². The standard InChI is InChI=1S/C25H27N3O3S/c1-31-22-10-6-5-9-19(22)16-24(29)28-13-11-20(12-14-28)26-25(30)21-17-32-23(27-21)15-18-7-3-2-4-8-18/h2-10,17,20H,11-16H2,1H3,(H,26,30). The predicted molar refractivity (Wildman–Crippen MR) is 125 cm³/mol. The van der Waals surface area contributed by atoms with Crippen LogP contribution in [-0.4, -0.2) is 47.9 Å². The van der Waals surface area contributed by atoms with Gasteiger partial charge in [0.15, 0.2) is 0 Å². The molecule has 1 N–H and O–H groups in total. The molecule has 166 valence electrons. The number of amides is 2. The van der Waals surface area contributed by atoms with Crippen LogP contribution < -0.4 is 10.1 Å². The van der Waals surface area contributed by atoms with Gasteiger partial charge in [0.25, 0.3) is 5.91 Å². The van der Waals surface area contributed by atoms with Crippen LogP contribution in [0.2, 0.25) is 0 Å². The van der Waals surface area contributed by atoms with E-state index in [1.54, 1.807) is 7.11 Å². The minimum absolute atomic E-state index is 0.0529. The second kappa shape index (κ2) is 10.4. The van der Waals surface area contributed by atoms with Crippen molar-refractivity contribution in [3.63, 3.8) is 0 Å². The van der Waals surface area contributed by atoms with Crippen molar-refractivity contribution in [2.75, 3.05) is 20.2 Å². The quantitative estimate of drug-likeness (QED) is 0.597. The van der Waals surface area contributed by atoms with Gasteiger partial charge in [-0.1, -0.05) is 48.5 Å². The third kappa shape index (κ3) is 5.53. The van der Waals surface area contributed by atoms with Crippen LogP contribution in [0.4, 0.5) is 0 Å². The number of benzene rings is 2. The molecule has 3 aromatic rings. The molecule has 0 radical (unpaired) electrons. The zero-order chi connectivity index (χ0) is 22.3. The Morgan fingerprint density at radius 1 is 1.09 bits per heavy atom. The molecule has 1 aliphatic heterocycles. The maximum Gasteiger partial charge on any atom is 0.270 e. The highest BCUT2D eigenvalue weighted by Crippen LogP contribution is 2.20. The number of para-hydroxylation sites is 1. The third-order valence-electron chi connectivity index (χ3n) is 5.70. The van der Waals surface area contributed by atoms with Crippen molar-refractivity contribution in [1.82, 2.24) is 15.2 Å². The summed E-state index contributed by atoms with van der Waals surface area (Å²) in [6, 6.07) is 17.8. The van der Waals surface area contributed by atoms with E-state index in [1.807, 2.05) is 52.7 Å². The molecule has 6 nitrogen and oxygen atoms in total. The van der Waals surface area contributed by atoms with Crippen molar-refractivity contribution in [2.45, 2.75) is 31.7 Å². The molecule has 2 aromatic carbocycles. The van der Waals surface area contributed by atoms with Crippen LogP contribution in [-0.2, 0) is 17.6 Å². The first kappa shape index (κ1) is 22.0. The minimum Gasteiger partial charge on any atom is -0.496 e. The molecular formula is C25H27N3O3S. The lowest BCUT2D eigenvalue weighted by atomic mass is 10.0. The molecule has 1 fully saturated rings. The maximum absolute atomic E-state index is 12.7. The summed E-state index contributed by atoms with van der Waals surface area (Å²) in [6.07, 6.45) is 2.53. The Balaban J connectivity index is 1.26. The molecule has 0 atom stereocenters. The molecule has 1 aliphatic rings. The van der Waals surface area contributed by atoms with Crippen molar-refractivity contribution in [3.8, 4) is 5.75 Å². The van der Waals surface area contributed by atoms with E-state index in [0.717, 1.165) is 35.6 Å². The minimum atomic E-state index is -0.139. The van der Waals surface area contributed by atoms with Crippen LogP contribution in [0.1, 0.15) is 39.5 Å². The summed E-state index contributed by atoms with van der Waals surface area (Å²) >= 11 is 1.51. The fraction of sp³-hybridized carbons (Fsp3) is 0.320. The van der Waals surface area contributed by atoms with Crippen LogP contribution in [0.25, 0.3) is 0 Å². The Bertz CT molecular complexity index is 1060. The Hall–Kier alpha value is -3.19. The summed E-state index contributed by atoms with van der Waals surface area (Å²) in [5.41, 5.74) is 2.54. The topological polar surface area (TPSA) is 71.5 Å². The number of thiazole rings is 1. The van der Waals surface area contributed by atoms with Crippen LogP contribution in [0.15, 0.2) is 60.0 Å². The zero-order valence-electron chi connectivity index (χ0n) is 18.1. The fourth-order valence-electron chi connectivity index (χ4n) is 3.92. The first-order chi connectivity index (χ1) is 15.6. The van der Waals surface area contributed by atoms with E-state index in [4.69, 9.17) is 4.74 Å². The lowest BCUT2D eigenvalue weighted by Crippen LogP contribution is -2.47. The van der Waals surface area contributed by atoms with E-state index in [2.05, 4.69) is 22.4 Å². The molecular weight excluding hydrogens is 422 g/mol. The van der Waals surface area contributed by atoms with Crippen LogP contribution in [0.3, 0.4) is 0 Å². The van der Waals surface area contributed by atoms with Gasteiger partial charge in [-0.05, 0) is 24.5 Å². The average Bonchev–Trinajstić information content (AvgIpc) is 3.29. The van der Waals surface area contributed by atoms with Gasteiger partial charge in [0.05, 0.1) is 18.5 Å². The first-order valence-corrected chi connectivity index (χ1v) is 11.7. The van der Waals surface area contributed by atoms with Gasteiger partial charge in [-0.15, -0.1) is 11.3 Å². The van der Waals surface area contributed by atoms with E-state index < -0.39 is 0 Å². The second-order valence-electron chi connectivity index (χ2n) is 7.91. The van der Waals surface area contributed by atoms with Crippen LogP contribution in [0, 0.1) is 0 Å². The Morgan fingerprint density at radius 2 is 1.81 bits per heavy atom. The average molecular weight is 450 g/mol. The van der Waals surface area contributed by atoms with Crippen LogP contribution >= 0.6 is 11.3 Å². The molecule has 4 rings (SSSR count). The highest BCUT2D eigenvalue weighted by atomic mass is 32.1. The number of nitrogens with one attached hydrogen (secondary N) is 1. The molecule has 0 saturated carbocycles. The monoisotopic (exact) mass is 449 g/mol. The van der Waals surface area contributed by atoms with Gasteiger partial charge in [-0.2, -0.15) is 0 Å². The van der Waals surface area contributed by atoms with Gasteiger partial charge in [0, 0.05) is 36.5 Å². The number of rotatable bonds is 7. The van der Waals surface area contributed by atoms with E-state index in [0.29, 0.717) is 25.2 Å². The van der Waals surface area contributed by atoms with Gasteiger partial charge >= 0.3 is 0 Å². The number of hydrogen-bond donors (Lipinski definition) is 1. The number of carbonyl (C=O) groups excluding carboxylic acids is 2. The molecule has 2 amide bonds. The summed E-state index contributed by atoms with van der Waals surface area (Å²) in [4.78, 5) is 31.7.